The van der Waals surface area contributed by atoms with Crippen molar-refractivity contribution >= 4 is 68.8 Å². The molecule has 0 saturated carbocycles. The molecule has 2 heterocycles. The van der Waals surface area contributed by atoms with Crippen LogP contribution >= 0.6 is 57.8 Å². The first-order valence-corrected chi connectivity index (χ1v) is 11.6. The van der Waals surface area contributed by atoms with Crippen LogP contribution in [0.2, 0.25) is 4.34 Å². The summed E-state index contributed by atoms with van der Waals surface area (Å²) in [7, 11) is 0. The molecule has 0 fully saturated rings. The minimum atomic E-state index is -0.250. The molecule has 0 aliphatic carbocycles. The molecular formula is C16H13ClFN3OS4. The summed E-state index contributed by atoms with van der Waals surface area (Å²) < 4.78 is 14.4. The van der Waals surface area contributed by atoms with Gasteiger partial charge in [-0.05, 0) is 29.8 Å². The highest BCUT2D eigenvalue weighted by Gasteiger charge is 2.09. The van der Waals surface area contributed by atoms with Crippen molar-refractivity contribution < 1.29 is 9.18 Å². The zero-order chi connectivity index (χ0) is 18.4. The Morgan fingerprint density at radius 2 is 1.92 bits per heavy atom. The summed E-state index contributed by atoms with van der Waals surface area (Å²) in [5, 5.41) is 11.3. The van der Waals surface area contributed by atoms with Gasteiger partial charge in [-0.3, -0.25) is 10.1 Å². The van der Waals surface area contributed by atoms with E-state index < -0.39 is 0 Å². The smallest absolute Gasteiger partial charge is 0.236 e. The molecule has 26 heavy (non-hydrogen) atoms. The van der Waals surface area contributed by atoms with Crippen molar-refractivity contribution in [3.05, 3.63) is 57.0 Å². The summed E-state index contributed by atoms with van der Waals surface area (Å²) in [4.78, 5) is 13.1. The van der Waals surface area contributed by atoms with Crippen molar-refractivity contribution in [1.29, 1.82) is 0 Å². The van der Waals surface area contributed by atoms with Crippen molar-refractivity contribution in [3.63, 3.8) is 0 Å². The van der Waals surface area contributed by atoms with Gasteiger partial charge in [0, 0.05) is 16.4 Å². The van der Waals surface area contributed by atoms with Crippen LogP contribution in [-0.4, -0.2) is 21.9 Å². The second-order valence-corrected chi connectivity index (χ2v) is 10.0. The number of hydrogen-bond acceptors (Lipinski definition) is 7. The number of benzene rings is 1. The van der Waals surface area contributed by atoms with Gasteiger partial charge in [-0.15, -0.1) is 33.3 Å². The van der Waals surface area contributed by atoms with Gasteiger partial charge in [0.25, 0.3) is 0 Å². The van der Waals surface area contributed by atoms with E-state index in [4.69, 9.17) is 11.6 Å². The second kappa shape index (κ2) is 9.70. The number of anilines is 1. The molecule has 136 valence electrons. The standard InChI is InChI=1S/C16H13ClFN3OS4/c17-13-6-5-12(25-13)8-23-9-14(22)19-15-20-21-16(26-15)24-7-10-1-3-11(18)4-2-10/h1-6H,7-9H2,(H,19,20,22). The van der Waals surface area contributed by atoms with Crippen molar-refractivity contribution in [3.8, 4) is 0 Å². The van der Waals surface area contributed by atoms with Crippen LogP contribution in [0, 0.1) is 5.82 Å². The number of rotatable bonds is 8. The minimum absolute atomic E-state index is 0.108. The number of halogens is 2. The highest BCUT2D eigenvalue weighted by molar-refractivity contribution is 8.00. The van der Waals surface area contributed by atoms with E-state index >= 15 is 0 Å². The highest BCUT2D eigenvalue weighted by atomic mass is 35.5. The molecule has 1 aromatic carbocycles. The van der Waals surface area contributed by atoms with E-state index in [0.29, 0.717) is 16.6 Å². The number of nitrogens with zero attached hydrogens (tertiary/aromatic N) is 2. The fourth-order valence-corrected chi connectivity index (χ4v) is 5.62. The SMILES string of the molecule is O=C(CSCc1ccc(Cl)s1)Nc1nnc(SCc2ccc(F)cc2)s1. The maximum absolute atomic E-state index is 12.9. The Labute approximate surface area is 171 Å². The summed E-state index contributed by atoms with van der Waals surface area (Å²) >= 11 is 11.8. The predicted octanol–water partition coefficient (Wildman–Crippen LogP) is 5.56. The molecule has 0 bridgehead atoms. The number of thioether (sulfide) groups is 2. The first-order chi connectivity index (χ1) is 12.6. The quantitative estimate of drug-likeness (QED) is 0.363. The Morgan fingerprint density at radius 1 is 1.12 bits per heavy atom. The largest absolute Gasteiger partial charge is 0.300 e. The number of nitrogens with one attached hydrogen (secondary N) is 1. The normalized spacial score (nSPS) is 10.8. The van der Waals surface area contributed by atoms with Crippen molar-refractivity contribution in [2.24, 2.45) is 0 Å². The second-order valence-electron chi connectivity index (χ2n) is 5.04. The van der Waals surface area contributed by atoms with Crippen LogP contribution in [0.1, 0.15) is 10.4 Å². The van der Waals surface area contributed by atoms with Gasteiger partial charge in [-0.25, -0.2) is 4.39 Å². The summed E-state index contributed by atoms with van der Waals surface area (Å²) in [6.45, 7) is 0. The van der Waals surface area contributed by atoms with Crippen LogP contribution in [0.25, 0.3) is 0 Å². The van der Waals surface area contributed by atoms with E-state index in [9.17, 15) is 9.18 Å². The molecular weight excluding hydrogens is 433 g/mol. The maximum atomic E-state index is 12.9. The number of carbonyl (C=O) groups is 1. The van der Waals surface area contributed by atoms with Crippen LogP contribution in [0.5, 0.6) is 0 Å². The van der Waals surface area contributed by atoms with Gasteiger partial charge in [0.05, 0.1) is 10.1 Å². The topological polar surface area (TPSA) is 54.9 Å². The molecule has 0 aliphatic rings. The third kappa shape index (κ3) is 6.24. The summed E-state index contributed by atoms with van der Waals surface area (Å²) in [6.07, 6.45) is 0. The average Bonchev–Trinajstić information content (AvgIpc) is 3.23. The van der Waals surface area contributed by atoms with Gasteiger partial charge >= 0.3 is 0 Å². The first kappa shape index (κ1) is 19.6. The zero-order valence-corrected chi connectivity index (χ0v) is 17.3. The molecule has 0 aliphatic heterocycles. The maximum Gasteiger partial charge on any atom is 0.236 e. The molecule has 3 rings (SSSR count). The Morgan fingerprint density at radius 3 is 2.65 bits per heavy atom. The summed E-state index contributed by atoms with van der Waals surface area (Å²) in [5.41, 5.74) is 1.00. The van der Waals surface area contributed by atoms with Gasteiger partial charge in [0.2, 0.25) is 11.0 Å². The first-order valence-electron chi connectivity index (χ1n) is 7.41. The molecule has 3 aromatic rings. The van der Waals surface area contributed by atoms with E-state index in [-0.39, 0.29) is 11.7 Å². The summed E-state index contributed by atoms with van der Waals surface area (Å²) in [6, 6.07) is 10.2. The van der Waals surface area contributed by atoms with Gasteiger partial charge in [-0.2, -0.15) is 0 Å². The number of carbonyl (C=O) groups excluding carboxylic acids is 1. The lowest BCUT2D eigenvalue weighted by Gasteiger charge is -2.00. The monoisotopic (exact) mass is 445 g/mol. The van der Waals surface area contributed by atoms with E-state index in [0.717, 1.165) is 24.9 Å². The van der Waals surface area contributed by atoms with Gasteiger partial charge in [-0.1, -0.05) is 46.8 Å². The van der Waals surface area contributed by atoms with Gasteiger partial charge in [0.15, 0.2) is 4.34 Å². The molecule has 0 radical (unpaired) electrons. The average molecular weight is 446 g/mol. The lowest BCUT2D eigenvalue weighted by Crippen LogP contribution is -2.13. The van der Waals surface area contributed by atoms with Crippen LogP contribution in [0.3, 0.4) is 0 Å². The van der Waals surface area contributed by atoms with E-state index in [2.05, 4.69) is 15.5 Å². The van der Waals surface area contributed by atoms with Crippen LogP contribution in [0.4, 0.5) is 9.52 Å². The Kier molecular flexibility index (Phi) is 7.32. The minimum Gasteiger partial charge on any atom is -0.300 e. The Hall–Kier alpha value is -1.13. The fourth-order valence-electron chi connectivity index (χ4n) is 1.87. The van der Waals surface area contributed by atoms with Crippen molar-refractivity contribution in [2.75, 3.05) is 11.1 Å². The molecule has 10 heteroatoms. The number of amides is 1. The number of hydrogen-bond donors (Lipinski definition) is 1. The fraction of sp³-hybridized carbons (Fsp3) is 0.188. The van der Waals surface area contributed by atoms with E-state index in [1.54, 1.807) is 12.1 Å². The third-order valence-corrected chi connectivity index (χ3v) is 7.47. The molecule has 0 atom stereocenters. The molecule has 0 unspecified atom stereocenters. The summed E-state index contributed by atoms with van der Waals surface area (Å²) in [5.74, 6) is 1.40. The zero-order valence-electron chi connectivity index (χ0n) is 13.3. The van der Waals surface area contributed by atoms with Crippen molar-refractivity contribution in [2.45, 2.75) is 15.8 Å². The predicted molar refractivity (Wildman–Crippen MR) is 110 cm³/mol. The van der Waals surface area contributed by atoms with Crippen LogP contribution < -0.4 is 5.32 Å². The lowest BCUT2D eigenvalue weighted by molar-refractivity contribution is -0.113. The Balaban J connectivity index is 1.41. The van der Waals surface area contributed by atoms with Crippen LogP contribution in [0.15, 0.2) is 40.7 Å². The highest BCUT2D eigenvalue weighted by Crippen LogP contribution is 2.29. The Bertz CT molecular complexity index is 869. The molecule has 1 N–H and O–H groups in total. The van der Waals surface area contributed by atoms with Gasteiger partial charge in [0.1, 0.15) is 5.82 Å². The molecule has 4 nitrogen and oxygen atoms in total. The van der Waals surface area contributed by atoms with Gasteiger partial charge < -0.3 is 0 Å². The van der Waals surface area contributed by atoms with Crippen LogP contribution in [-0.2, 0) is 16.3 Å². The molecule has 0 saturated heterocycles. The molecule has 1 amide bonds. The van der Waals surface area contributed by atoms with E-state index in [1.165, 1.54) is 58.3 Å². The number of thiophene rings is 1. The molecule has 0 spiro atoms. The number of aromatic nitrogens is 2. The van der Waals surface area contributed by atoms with E-state index in [1.807, 2.05) is 12.1 Å². The third-order valence-electron chi connectivity index (χ3n) is 3.03. The lowest BCUT2D eigenvalue weighted by atomic mass is 10.2. The van der Waals surface area contributed by atoms with Crippen molar-refractivity contribution in [1.82, 2.24) is 10.2 Å². The molecule has 2 aromatic heterocycles.